The lowest BCUT2D eigenvalue weighted by Gasteiger charge is -2.34. The maximum absolute atomic E-state index is 13.9. The second-order valence-corrected chi connectivity index (χ2v) is 9.52. The van der Waals surface area contributed by atoms with E-state index in [9.17, 15) is 4.39 Å². The predicted molar refractivity (Wildman–Crippen MR) is 140 cm³/mol. The highest BCUT2D eigenvalue weighted by molar-refractivity contribution is 5.82. The summed E-state index contributed by atoms with van der Waals surface area (Å²) >= 11 is 0. The zero-order valence-corrected chi connectivity index (χ0v) is 21.1. The second kappa shape index (κ2) is 12.4. The van der Waals surface area contributed by atoms with Gasteiger partial charge in [-0.3, -0.25) is 0 Å². The van der Waals surface area contributed by atoms with Gasteiger partial charge in [-0.2, -0.15) is 0 Å². The molecule has 4 nitrogen and oxygen atoms in total. The number of hydrogen-bond acceptors (Lipinski definition) is 4. The van der Waals surface area contributed by atoms with E-state index in [1.54, 1.807) is 12.1 Å². The fourth-order valence-corrected chi connectivity index (χ4v) is 5.17. The van der Waals surface area contributed by atoms with Gasteiger partial charge in [0, 0.05) is 56.1 Å². The van der Waals surface area contributed by atoms with Gasteiger partial charge < -0.3 is 20.4 Å². The number of benzene rings is 1. The lowest BCUT2D eigenvalue weighted by Crippen LogP contribution is -2.46. The third kappa shape index (κ3) is 6.70. The SMILES string of the molecule is C=C/C(=C\C1NC(C)=C(CCCN2CCN(CCCC)CC2)C1C)c1cc(F)ccc1NC. The Labute approximate surface area is 200 Å². The van der Waals surface area contributed by atoms with Gasteiger partial charge in [0.05, 0.1) is 6.04 Å². The molecule has 0 saturated carbocycles. The van der Waals surface area contributed by atoms with Crippen molar-refractivity contribution in [1.82, 2.24) is 15.1 Å². The molecule has 1 saturated heterocycles. The van der Waals surface area contributed by atoms with Gasteiger partial charge in [-0.1, -0.05) is 39.0 Å². The Hall–Kier alpha value is -2.11. The first-order chi connectivity index (χ1) is 16.0. The van der Waals surface area contributed by atoms with Crippen LogP contribution in [0.15, 0.2) is 48.2 Å². The number of halogens is 1. The number of nitrogens with zero attached hydrogens (tertiary/aromatic N) is 2. The normalized spacial score (nSPS) is 22.5. The fourth-order valence-electron chi connectivity index (χ4n) is 5.17. The Morgan fingerprint density at radius 1 is 1.18 bits per heavy atom. The van der Waals surface area contributed by atoms with Crippen molar-refractivity contribution in [2.75, 3.05) is 51.6 Å². The Bertz CT molecular complexity index is 851. The second-order valence-electron chi connectivity index (χ2n) is 9.52. The van der Waals surface area contributed by atoms with Crippen LogP contribution in [0.3, 0.4) is 0 Å². The van der Waals surface area contributed by atoms with E-state index >= 15 is 0 Å². The minimum Gasteiger partial charge on any atom is -0.388 e. The van der Waals surface area contributed by atoms with E-state index in [2.05, 4.69) is 53.9 Å². The van der Waals surface area contributed by atoms with Crippen molar-refractivity contribution in [3.05, 3.63) is 59.6 Å². The smallest absolute Gasteiger partial charge is 0.123 e. The number of nitrogens with one attached hydrogen (secondary N) is 2. The standard InChI is InChI=1S/C28H43FN4/c1-6-8-13-32-15-17-33(18-16-32)14-9-10-25-21(3)28(31-22(25)4)19-23(7-2)26-20-24(29)11-12-27(26)30-5/h7,11-12,19-21,28,30-31H,2,6,8-10,13-18H2,1,3-5H3/b23-19+. The van der Waals surface area contributed by atoms with Crippen LogP contribution >= 0.6 is 0 Å². The van der Waals surface area contributed by atoms with Crippen LogP contribution in [0.2, 0.25) is 0 Å². The van der Waals surface area contributed by atoms with Gasteiger partial charge in [-0.05, 0) is 68.6 Å². The fraction of sp³-hybridized carbons (Fsp3) is 0.571. The van der Waals surface area contributed by atoms with Crippen LogP contribution in [0, 0.1) is 11.7 Å². The molecule has 182 valence electrons. The molecular weight excluding hydrogens is 411 g/mol. The maximum atomic E-state index is 13.9. The van der Waals surface area contributed by atoms with Crippen molar-refractivity contribution in [2.24, 2.45) is 5.92 Å². The molecule has 0 aromatic heterocycles. The first-order valence-electron chi connectivity index (χ1n) is 12.7. The molecule has 2 aliphatic heterocycles. The average Bonchev–Trinajstić information content (AvgIpc) is 3.09. The number of allylic oxidation sites excluding steroid dienone is 3. The van der Waals surface area contributed by atoms with Gasteiger partial charge in [0.25, 0.3) is 0 Å². The molecule has 2 aliphatic rings. The summed E-state index contributed by atoms with van der Waals surface area (Å²) in [5.74, 6) is 0.183. The topological polar surface area (TPSA) is 30.5 Å². The molecule has 2 heterocycles. The van der Waals surface area contributed by atoms with E-state index in [0.29, 0.717) is 5.92 Å². The highest BCUT2D eigenvalue weighted by Gasteiger charge is 2.28. The first-order valence-corrected chi connectivity index (χ1v) is 12.7. The van der Waals surface area contributed by atoms with Crippen molar-refractivity contribution in [2.45, 2.75) is 52.5 Å². The number of hydrogen-bond donors (Lipinski definition) is 2. The lowest BCUT2D eigenvalue weighted by atomic mass is 9.90. The van der Waals surface area contributed by atoms with Crippen LogP contribution in [0.5, 0.6) is 0 Å². The van der Waals surface area contributed by atoms with Crippen molar-refractivity contribution in [3.8, 4) is 0 Å². The molecule has 33 heavy (non-hydrogen) atoms. The van der Waals surface area contributed by atoms with E-state index in [4.69, 9.17) is 0 Å². The molecule has 0 aliphatic carbocycles. The van der Waals surface area contributed by atoms with Crippen molar-refractivity contribution in [1.29, 1.82) is 0 Å². The molecule has 0 radical (unpaired) electrons. The minimum absolute atomic E-state index is 0.197. The summed E-state index contributed by atoms with van der Waals surface area (Å²) in [5, 5.41) is 6.84. The van der Waals surface area contributed by atoms with Gasteiger partial charge in [-0.15, -0.1) is 0 Å². The Morgan fingerprint density at radius 3 is 2.45 bits per heavy atom. The van der Waals surface area contributed by atoms with Gasteiger partial charge in [-0.25, -0.2) is 4.39 Å². The minimum atomic E-state index is -0.231. The molecule has 2 unspecified atom stereocenters. The average molecular weight is 455 g/mol. The third-order valence-electron chi connectivity index (χ3n) is 7.31. The molecule has 5 heteroatoms. The van der Waals surface area contributed by atoms with E-state index in [1.165, 1.54) is 75.9 Å². The molecule has 0 amide bonds. The van der Waals surface area contributed by atoms with Crippen LogP contribution in [0.1, 0.15) is 52.0 Å². The molecule has 1 fully saturated rings. The number of unbranched alkanes of at least 4 members (excludes halogenated alkanes) is 1. The Kier molecular flexibility index (Phi) is 9.57. The third-order valence-corrected chi connectivity index (χ3v) is 7.31. The summed E-state index contributed by atoms with van der Waals surface area (Å²) in [7, 11) is 1.86. The van der Waals surface area contributed by atoms with Crippen LogP contribution in [-0.2, 0) is 0 Å². The van der Waals surface area contributed by atoms with Crippen LogP contribution in [0.4, 0.5) is 10.1 Å². The zero-order valence-electron chi connectivity index (χ0n) is 21.1. The summed E-state index contributed by atoms with van der Waals surface area (Å²) in [6, 6.07) is 5.05. The van der Waals surface area contributed by atoms with Gasteiger partial charge in [0.15, 0.2) is 0 Å². The molecule has 1 aromatic carbocycles. The molecule has 1 aromatic rings. The lowest BCUT2D eigenvalue weighted by molar-refractivity contribution is 0.130. The monoisotopic (exact) mass is 454 g/mol. The van der Waals surface area contributed by atoms with Crippen LogP contribution < -0.4 is 10.6 Å². The zero-order chi connectivity index (χ0) is 23.8. The highest BCUT2D eigenvalue weighted by Crippen LogP contribution is 2.33. The van der Waals surface area contributed by atoms with E-state index in [1.807, 2.05) is 13.1 Å². The molecule has 2 atom stereocenters. The summed E-state index contributed by atoms with van der Waals surface area (Å²) in [5.41, 5.74) is 5.54. The maximum Gasteiger partial charge on any atom is 0.123 e. The molecule has 3 rings (SSSR count). The van der Waals surface area contributed by atoms with E-state index < -0.39 is 0 Å². The largest absolute Gasteiger partial charge is 0.388 e. The highest BCUT2D eigenvalue weighted by atomic mass is 19.1. The number of anilines is 1. The quantitative estimate of drug-likeness (QED) is 0.431. The Balaban J connectivity index is 1.55. The predicted octanol–water partition coefficient (Wildman–Crippen LogP) is 5.52. The van der Waals surface area contributed by atoms with Crippen molar-refractivity contribution < 1.29 is 4.39 Å². The van der Waals surface area contributed by atoms with Crippen molar-refractivity contribution >= 4 is 11.3 Å². The molecule has 2 N–H and O–H groups in total. The molecule has 0 spiro atoms. The summed E-state index contributed by atoms with van der Waals surface area (Å²) < 4.78 is 13.9. The summed E-state index contributed by atoms with van der Waals surface area (Å²) in [6.45, 7) is 18.0. The molecule has 0 bridgehead atoms. The number of piperazine rings is 1. The first kappa shape index (κ1) is 25.5. The van der Waals surface area contributed by atoms with Crippen LogP contribution in [0.25, 0.3) is 5.57 Å². The summed E-state index contributed by atoms with van der Waals surface area (Å²) in [4.78, 5) is 5.24. The Morgan fingerprint density at radius 2 is 1.85 bits per heavy atom. The van der Waals surface area contributed by atoms with E-state index in [0.717, 1.165) is 23.2 Å². The van der Waals surface area contributed by atoms with E-state index in [-0.39, 0.29) is 11.9 Å². The summed E-state index contributed by atoms with van der Waals surface area (Å²) in [6.07, 6.45) is 8.97. The van der Waals surface area contributed by atoms with Gasteiger partial charge in [0.2, 0.25) is 0 Å². The van der Waals surface area contributed by atoms with Crippen LogP contribution in [-0.4, -0.2) is 62.2 Å². The number of rotatable bonds is 11. The van der Waals surface area contributed by atoms with Gasteiger partial charge >= 0.3 is 0 Å². The van der Waals surface area contributed by atoms with Gasteiger partial charge in [0.1, 0.15) is 5.82 Å². The van der Waals surface area contributed by atoms with Crippen molar-refractivity contribution in [3.63, 3.8) is 0 Å². The molecular formula is C28H43FN4.